The molecule has 3 rings (SSSR count). The van der Waals surface area contributed by atoms with Crippen molar-refractivity contribution in [3.63, 3.8) is 0 Å². The molecule has 0 bridgehead atoms. The number of nitrogens with one attached hydrogen (secondary N) is 1. The lowest BCUT2D eigenvalue weighted by Crippen LogP contribution is -2.15. The Hall–Kier alpha value is -2.12. The van der Waals surface area contributed by atoms with Crippen molar-refractivity contribution in [2.45, 2.75) is 43.2 Å². The van der Waals surface area contributed by atoms with Crippen LogP contribution < -0.4 is 5.32 Å². The van der Waals surface area contributed by atoms with E-state index < -0.39 is 9.84 Å². The lowest BCUT2D eigenvalue weighted by Gasteiger charge is -2.11. The first-order chi connectivity index (χ1) is 12.8. The molecule has 3 aromatic rings. The van der Waals surface area contributed by atoms with E-state index >= 15 is 0 Å². The topological polar surface area (TPSA) is 72.2 Å². The standard InChI is InChI=1S/C20H21BrN2O3S/c1-4-14(3)22-19-20(27(24,25)17-11-5-13(2)6-12-17)23-18(26-19)15-7-9-16(21)10-8-15/h5-12,14,22H,4H2,1-3H3. The predicted octanol–water partition coefficient (Wildman–Crippen LogP) is 5.46. The van der Waals surface area contributed by atoms with Gasteiger partial charge in [-0.1, -0.05) is 40.5 Å². The van der Waals surface area contributed by atoms with Crippen molar-refractivity contribution in [1.82, 2.24) is 4.98 Å². The van der Waals surface area contributed by atoms with Crippen molar-refractivity contribution in [2.75, 3.05) is 5.32 Å². The highest BCUT2D eigenvalue weighted by atomic mass is 79.9. The van der Waals surface area contributed by atoms with E-state index in [0.29, 0.717) is 5.56 Å². The molecule has 0 aliphatic heterocycles. The van der Waals surface area contributed by atoms with Gasteiger partial charge in [-0.2, -0.15) is 4.98 Å². The zero-order valence-corrected chi connectivity index (χ0v) is 17.8. The largest absolute Gasteiger partial charge is 0.419 e. The van der Waals surface area contributed by atoms with Gasteiger partial charge >= 0.3 is 0 Å². The number of rotatable bonds is 6. The third-order valence-corrected chi connectivity index (χ3v) is 6.47. The van der Waals surface area contributed by atoms with Gasteiger partial charge < -0.3 is 9.73 Å². The molecule has 27 heavy (non-hydrogen) atoms. The molecule has 2 aromatic carbocycles. The Kier molecular flexibility index (Phi) is 5.72. The average Bonchev–Trinajstić information content (AvgIpc) is 3.07. The summed E-state index contributed by atoms with van der Waals surface area (Å²) in [6.07, 6.45) is 0.818. The van der Waals surface area contributed by atoms with Crippen LogP contribution >= 0.6 is 15.9 Å². The van der Waals surface area contributed by atoms with Crippen LogP contribution in [0.4, 0.5) is 5.88 Å². The third kappa shape index (κ3) is 4.25. The second-order valence-electron chi connectivity index (χ2n) is 6.43. The molecule has 1 N–H and O–H groups in total. The number of hydrogen-bond acceptors (Lipinski definition) is 5. The highest BCUT2D eigenvalue weighted by molar-refractivity contribution is 9.10. The minimum Gasteiger partial charge on any atom is -0.419 e. The van der Waals surface area contributed by atoms with Crippen LogP contribution in [-0.4, -0.2) is 19.4 Å². The van der Waals surface area contributed by atoms with Crippen LogP contribution in [0.2, 0.25) is 0 Å². The van der Waals surface area contributed by atoms with Crippen LogP contribution in [0.1, 0.15) is 25.8 Å². The van der Waals surface area contributed by atoms with E-state index in [0.717, 1.165) is 16.5 Å². The molecule has 7 heteroatoms. The number of halogens is 1. The smallest absolute Gasteiger partial charge is 0.234 e. The molecule has 1 unspecified atom stereocenters. The number of nitrogens with zero attached hydrogens (tertiary/aromatic N) is 1. The van der Waals surface area contributed by atoms with Crippen molar-refractivity contribution >= 4 is 31.7 Å². The summed E-state index contributed by atoms with van der Waals surface area (Å²) in [5, 5.41) is 3.04. The second kappa shape index (κ2) is 7.86. The van der Waals surface area contributed by atoms with E-state index in [1.165, 1.54) is 0 Å². The average molecular weight is 449 g/mol. The van der Waals surface area contributed by atoms with Gasteiger partial charge in [0.1, 0.15) is 0 Å². The molecule has 5 nitrogen and oxygen atoms in total. The number of oxazole rings is 1. The van der Waals surface area contributed by atoms with Gasteiger partial charge in [0.25, 0.3) is 0 Å². The summed E-state index contributed by atoms with van der Waals surface area (Å²) in [6.45, 7) is 5.88. The molecule has 1 atom stereocenters. The van der Waals surface area contributed by atoms with Gasteiger partial charge in [-0.05, 0) is 56.7 Å². The van der Waals surface area contributed by atoms with Crippen molar-refractivity contribution < 1.29 is 12.8 Å². The monoisotopic (exact) mass is 448 g/mol. The number of benzene rings is 2. The van der Waals surface area contributed by atoms with Gasteiger partial charge in [0.2, 0.25) is 26.6 Å². The molecular weight excluding hydrogens is 428 g/mol. The van der Waals surface area contributed by atoms with Crippen LogP contribution in [0.15, 0.2) is 67.3 Å². The van der Waals surface area contributed by atoms with Crippen LogP contribution in [0, 0.1) is 6.92 Å². The first-order valence-corrected chi connectivity index (χ1v) is 10.9. The maximum atomic E-state index is 13.2. The zero-order valence-electron chi connectivity index (χ0n) is 15.4. The van der Waals surface area contributed by atoms with Crippen molar-refractivity contribution in [1.29, 1.82) is 0 Å². The van der Waals surface area contributed by atoms with E-state index in [9.17, 15) is 8.42 Å². The van der Waals surface area contributed by atoms with Crippen LogP contribution in [-0.2, 0) is 9.84 Å². The summed E-state index contributed by atoms with van der Waals surface area (Å²) < 4.78 is 33.1. The van der Waals surface area contributed by atoms with Gasteiger partial charge in [0.05, 0.1) is 4.90 Å². The first kappa shape index (κ1) is 19.6. The maximum absolute atomic E-state index is 13.2. The van der Waals surface area contributed by atoms with Crippen molar-refractivity contribution in [3.8, 4) is 11.5 Å². The molecule has 0 radical (unpaired) electrons. The fraction of sp³-hybridized carbons (Fsp3) is 0.250. The molecule has 0 aliphatic carbocycles. The lowest BCUT2D eigenvalue weighted by molar-refractivity contribution is 0.566. The second-order valence-corrected chi connectivity index (χ2v) is 9.21. The number of aromatic nitrogens is 1. The number of hydrogen-bond donors (Lipinski definition) is 1. The summed E-state index contributed by atoms with van der Waals surface area (Å²) in [4.78, 5) is 4.53. The zero-order chi connectivity index (χ0) is 19.6. The van der Waals surface area contributed by atoms with Gasteiger partial charge in [-0.25, -0.2) is 8.42 Å². The third-order valence-electron chi connectivity index (χ3n) is 4.26. The molecule has 0 saturated heterocycles. The predicted molar refractivity (Wildman–Crippen MR) is 110 cm³/mol. The van der Waals surface area contributed by atoms with E-state index in [-0.39, 0.29) is 27.7 Å². The van der Waals surface area contributed by atoms with Gasteiger partial charge in [0.15, 0.2) is 0 Å². The van der Waals surface area contributed by atoms with Crippen LogP contribution in [0.3, 0.4) is 0 Å². The summed E-state index contributed by atoms with van der Waals surface area (Å²) in [6, 6.07) is 14.1. The molecule has 1 heterocycles. The molecule has 1 aromatic heterocycles. The molecule has 0 fully saturated rings. The van der Waals surface area contributed by atoms with Gasteiger partial charge in [-0.15, -0.1) is 0 Å². The first-order valence-electron chi connectivity index (χ1n) is 8.66. The lowest BCUT2D eigenvalue weighted by atomic mass is 10.2. The summed E-state index contributed by atoms with van der Waals surface area (Å²) in [7, 11) is -3.81. The Morgan fingerprint density at radius 2 is 1.74 bits per heavy atom. The van der Waals surface area contributed by atoms with E-state index in [1.807, 2.05) is 45.0 Å². The Morgan fingerprint density at radius 1 is 1.11 bits per heavy atom. The normalized spacial score (nSPS) is 12.7. The Morgan fingerprint density at radius 3 is 2.33 bits per heavy atom. The van der Waals surface area contributed by atoms with Gasteiger partial charge in [0, 0.05) is 16.1 Å². The summed E-state index contributed by atoms with van der Waals surface area (Å²) in [5.41, 5.74) is 1.69. The minimum atomic E-state index is -3.81. The summed E-state index contributed by atoms with van der Waals surface area (Å²) >= 11 is 3.39. The Balaban J connectivity index is 2.11. The quantitative estimate of drug-likeness (QED) is 0.542. The van der Waals surface area contributed by atoms with Crippen molar-refractivity contribution in [3.05, 3.63) is 58.6 Å². The maximum Gasteiger partial charge on any atom is 0.234 e. The molecule has 0 spiro atoms. The fourth-order valence-corrected chi connectivity index (χ4v) is 3.98. The summed E-state index contributed by atoms with van der Waals surface area (Å²) in [5.74, 6) is 0.432. The Bertz CT molecular complexity index is 1030. The Labute approximate surface area is 167 Å². The molecule has 0 aliphatic rings. The fourth-order valence-electron chi connectivity index (χ4n) is 2.45. The number of anilines is 1. The van der Waals surface area contributed by atoms with Gasteiger partial charge in [-0.3, -0.25) is 0 Å². The highest BCUT2D eigenvalue weighted by Gasteiger charge is 2.29. The minimum absolute atomic E-state index is 0.0442. The molecular formula is C20H21BrN2O3S. The van der Waals surface area contributed by atoms with E-state index in [2.05, 4.69) is 26.2 Å². The molecule has 0 amide bonds. The van der Waals surface area contributed by atoms with Crippen LogP contribution in [0.5, 0.6) is 0 Å². The number of aryl methyl sites for hydroxylation is 1. The van der Waals surface area contributed by atoms with E-state index in [4.69, 9.17) is 4.42 Å². The molecule has 142 valence electrons. The number of sulfone groups is 1. The van der Waals surface area contributed by atoms with Crippen LogP contribution in [0.25, 0.3) is 11.5 Å². The van der Waals surface area contributed by atoms with E-state index in [1.54, 1.807) is 24.3 Å². The van der Waals surface area contributed by atoms with Crippen molar-refractivity contribution in [2.24, 2.45) is 0 Å². The highest BCUT2D eigenvalue weighted by Crippen LogP contribution is 2.33. The SMILES string of the molecule is CCC(C)Nc1oc(-c2ccc(Br)cc2)nc1S(=O)(=O)c1ccc(C)cc1. The molecule has 0 saturated carbocycles.